The molecule has 0 rings (SSSR count). The maximum absolute atomic E-state index is 2.46. The third kappa shape index (κ3) is 9.20. The molecule has 0 N–H and O–H groups in total. The van der Waals surface area contributed by atoms with Gasteiger partial charge in [0.25, 0.3) is 0 Å². The van der Waals surface area contributed by atoms with E-state index in [1.165, 1.54) is 25.7 Å². The van der Waals surface area contributed by atoms with E-state index in [1.54, 1.807) is 10.4 Å². The van der Waals surface area contributed by atoms with E-state index in [0.717, 1.165) is 18.8 Å². The molecular weight excluding hydrogens is 366 g/mol. The summed E-state index contributed by atoms with van der Waals surface area (Å²) in [4.78, 5) is 0. The fourth-order valence-electron chi connectivity index (χ4n) is 3.17. The first kappa shape index (κ1) is 21.1. The molecule has 0 aliphatic heterocycles. The molecule has 0 aromatic rings. The molecule has 0 heterocycles. The molecule has 0 bridgehead atoms. The van der Waals surface area contributed by atoms with Gasteiger partial charge in [-0.2, -0.15) is 0 Å². The van der Waals surface area contributed by atoms with Gasteiger partial charge in [0.2, 0.25) is 0 Å². The predicted molar refractivity (Wildman–Crippen MR) is 100.0 cm³/mol. The summed E-state index contributed by atoms with van der Waals surface area (Å²) in [6.07, 6.45) is 6.05. The first-order valence-corrected chi connectivity index (χ1v) is 15.8. The van der Waals surface area contributed by atoms with Gasteiger partial charge in [0, 0.05) is 0 Å². The first-order valence-electron chi connectivity index (χ1n) is 8.78. The molecule has 0 saturated heterocycles. The van der Waals surface area contributed by atoms with Gasteiger partial charge in [0.05, 0.1) is 0 Å². The van der Waals surface area contributed by atoms with Gasteiger partial charge in [0.15, 0.2) is 0 Å². The van der Waals surface area contributed by atoms with Crippen LogP contribution >= 0.6 is 0 Å². The van der Waals surface area contributed by atoms with Gasteiger partial charge in [-0.15, -0.1) is 0 Å². The van der Waals surface area contributed by atoms with E-state index in [4.69, 9.17) is 0 Å². The van der Waals surface area contributed by atoms with E-state index in [0.29, 0.717) is 0 Å². The Bertz CT molecular complexity index is 181. The molecule has 2 heteroatoms. The fraction of sp³-hybridized carbons (Fsp3) is 1.00. The van der Waals surface area contributed by atoms with E-state index in [-0.39, 0.29) is 0 Å². The monoisotopic (exact) mass is 406 g/mol. The molecular formula is C18H40As2. The Balaban J connectivity index is 3.76. The first-order chi connectivity index (χ1) is 9.27. The van der Waals surface area contributed by atoms with Crippen LogP contribution in [0.3, 0.4) is 0 Å². The molecule has 0 atom stereocenters. The van der Waals surface area contributed by atoms with Crippen molar-refractivity contribution in [2.45, 2.75) is 110 Å². The van der Waals surface area contributed by atoms with Crippen molar-refractivity contribution < 1.29 is 0 Å². The molecule has 0 radical (unpaired) electrons. The van der Waals surface area contributed by atoms with Crippen LogP contribution in [0.2, 0.25) is 29.2 Å². The van der Waals surface area contributed by atoms with E-state index in [2.05, 4.69) is 55.4 Å². The Labute approximate surface area is 139 Å². The van der Waals surface area contributed by atoms with Crippen LogP contribution in [0.4, 0.5) is 0 Å². The molecule has 0 aliphatic carbocycles. The van der Waals surface area contributed by atoms with Crippen molar-refractivity contribution in [3.8, 4) is 0 Å². The molecule has 0 aromatic heterocycles. The minimum absolute atomic E-state index is 0.545. The van der Waals surface area contributed by atoms with E-state index in [9.17, 15) is 0 Å². The molecule has 0 amide bonds. The summed E-state index contributed by atoms with van der Waals surface area (Å²) in [6.45, 7) is 19.7. The molecule has 0 saturated carbocycles. The summed E-state index contributed by atoms with van der Waals surface area (Å²) in [5, 5.41) is 3.19. The molecule has 122 valence electrons. The molecule has 0 nitrogen and oxygen atoms in total. The van der Waals surface area contributed by atoms with Crippen LogP contribution in [0.1, 0.15) is 81.1 Å². The van der Waals surface area contributed by atoms with Crippen LogP contribution in [-0.4, -0.2) is 29.3 Å². The maximum atomic E-state index is 2.46. The van der Waals surface area contributed by atoms with Crippen molar-refractivity contribution in [1.29, 1.82) is 0 Å². The third-order valence-electron chi connectivity index (χ3n) is 4.24. The van der Waals surface area contributed by atoms with Gasteiger partial charge in [-0.05, 0) is 0 Å². The normalized spacial score (nSPS) is 12.9. The summed E-state index contributed by atoms with van der Waals surface area (Å²) < 4.78 is 4.01. The molecule has 0 unspecified atom stereocenters. The van der Waals surface area contributed by atoms with Crippen LogP contribution in [0, 0.1) is 0 Å². The van der Waals surface area contributed by atoms with E-state index < -0.39 is 29.3 Å². The van der Waals surface area contributed by atoms with Crippen LogP contribution < -0.4 is 0 Å². The van der Waals surface area contributed by atoms with Crippen molar-refractivity contribution in [3.63, 3.8) is 0 Å². The van der Waals surface area contributed by atoms with Crippen LogP contribution in [-0.2, 0) is 0 Å². The Hall–Kier alpha value is 1.12. The second kappa shape index (κ2) is 11.7. The van der Waals surface area contributed by atoms with E-state index >= 15 is 0 Å². The number of hydrogen-bond acceptors (Lipinski definition) is 0. The third-order valence-corrected chi connectivity index (χ3v) is 18.9. The zero-order chi connectivity index (χ0) is 15.7. The van der Waals surface area contributed by atoms with Crippen LogP contribution in [0.5, 0.6) is 0 Å². The predicted octanol–water partition coefficient (Wildman–Crippen LogP) is 7.18. The van der Waals surface area contributed by atoms with Crippen LogP contribution in [0.25, 0.3) is 0 Å². The Kier molecular flexibility index (Phi) is 12.3. The van der Waals surface area contributed by atoms with Gasteiger partial charge >= 0.3 is 140 Å². The van der Waals surface area contributed by atoms with Gasteiger partial charge in [-0.25, -0.2) is 0 Å². The van der Waals surface area contributed by atoms with Crippen molar-refractivity contribution in [1.82, 2.24) is 0 Å². The SMILES string of the molecule is CC(C)[As](CCCCCC[As](C(C)C)C(C)C)C(C)C. The number of rotatable bonds is 11. The second-order valence-corrected chi connectivity index (χ2v) is 22.1. The Morgan fingerprint density at radius 2 is 0.700 bits per heavy atom. The molecule has 0 aromatic carbocycles. The van der Waals surface area contributed by atoms with Crippen molar-refractivity contribution >= 4 is 29.3 Å². The average molecular weight is 406 g/mol. The quantitative estimate of drug-likeness (QED) is 0.252. The summed E-state index contributed by atoms with van der Waals surface area (Å²) in [6, 6.07) is 0. The Morgan fingerprint density at radius 3 is 0.900 bits per heavy atom. The van der Waals surface area contributed by atoms with Crippen molar-refractivity contribution in [2.24, 2.45) is 0 Å². The average Bonchev–Trinajstić information content (AvgIpc) is 2.30. The minimum atomic E-state index is -0.545. The van der Waals surface area contributed by atoms with Crippen molar-refractivity contribution in [2.75, 3.05) is 0 Å². The van der Waals surface area contributed by atoms with Gasteiger partial charge in [-0.1, -0.05) is 0 Å². The number of hydrogen-bond donors (Lipinski definition) is 0. The molecule has 0 aliphatic rings. The van der Waals surface area contributed by atoms with E-state index in [1.807, 2.05) is 0 Å². The Morgan fingerprint density at radius 1 is 0.450 bits per heavy atom. The fourth-order valence-corrected chi connectivity index (χ4v) is 15.0. The molecule has 0 fully saturated rings. The van der Waals surface area contributed by atoms with Crippen molar-refractivity contribution in [3.05, 3.63) is 0 Å². The summed E-state index contributed by atoms with van der Waals surface area (Å²) in [7, 11) is 0. The summed E-state index contributed by atoms with van der Waals surface area (Å²) in [5.41, 5.74) is 0. The second-order valence-electron chi connectivity index (χ2n) is 7.26. The van der Waals surface area contributed by atoms with Crippen LogP contribution in [0.15, 0.2) is 0 Å². The summed E-state index contributed by atoms with van der Waals surface area (Å²) >= 11 is -1.09. The molecule has 20 heavy (non-hydrogen) atoms. The molecule has 0 spiro atoms. The van der Waals surface area contributed by atoms with Gasteiger partial charge in [-0.3, -0.25) is 0 Å². The van der Waals surface area contributed by atoms with Gasteiger partial charge in [0.1, 0.15) is 0 Å². The zero-order valence-corrected chi connectivity index (χ0v) is 19.2. The standard InChI is InChI=1S/C18H40As2/c1-15(2)19(16(3)4)13-11-9-10-12-14-20(17(5)6)18(7)8/h15-18H,9-14H2,1-8H3. The summed E-state index contributed by atoms with van der Waals surface area (Å²) in [5.74, 6) is 0. The topological polar surface area (TPSA) is 0 Å². The zero-order valence-electron chi connectivity index (χ0n) is 15.4. The van der Waals surface area contributed by atoms with Gasteiger partial charge < -0.3 is 0 Å². The number of unbranched alkanes of at least 4 members (excludes halogenated alkanes) is 3.